The fraction of sp³-hybridized carbons (Fsp3) is 0.400. The summed E-state index contributed by atoms with van der Waals surface area (Å²) in [5.41, 5.74) is 0.764. The van der Waals surface area contributed by atoms with Crippen LogP contribution in [0.2, 0.25) is 0 Å². The molecule has 1 unspecified atom stereocenters. The van der Waals surface area contributed by atoms with Gasteiger partial charge in [0.25, 0.3) is 0 Å². The molecule has 1 aliphatic heterocycles. The second-order valence-electron chi connectivity index (χ2n) is 6.37. The van der Waals surface area contributed by atoms with E-state index in [1.165, 1.54) is 12.1 Å². The molecule has 0 bridgehead atoms. The molecule has 0 spiro atoms. The maximum absolute atomic E-state index is 13.0. The third-order valence-corrected chi connectivity index (χ3v) is 4.57. The van der Waals surface area contributed by atoms with Crippen LogP contribution in [0, 0.1) is 5.82 Å². The van der Waals surface area contributed by atoms with Crippen molar-refractivity contribution in [3.8, 4) is 5.75 Å². The molecule has 4 nitrogen and oxygen atoms in total. The molecule has 134 valence electrons. The molecular formula is C20H25FN2O2. The molecule has 0 amide bonds. The molecule has 3 rings (SSSR count). The third kappa shape index (κ3) is 5.53. The SMILES string of the molecule is OC(CN1CCN(CCOc2ccccc2)CC1)c1ccc(F)cc1. The fourth-order valence-corrected chi connectivity index (χ4v) is 3.04. The van der Waals surface area contributed by atoms with E-state index in [9.17, 15) is 9.50 Å². The fourth-order valence-electron chi connectivity index (χ4n) is 3.04. The van der Waals surface area contributed by atoms with E-state index < -0.39 is 6.10 Å². The summed E-state index contributed by atoms with van der Waals surface area (Å²) in [5, 5.41) is 10.3. The van der Waals surface area contributed by atoms with Crippen molar-refractivity contribution >= 4 is 0 Å². The Morgan fingerprint density at radius 1 is 0.920 bits per heavy atom. The average molecular weight is 344 g/mol. The lowest BCUT2D eigenvalue weighted by molar-refractivity contribution is 0.0676. The van der Waals surface area contributed by atoms with Gasteiger partial charge in [-0.3, -0.25) is 9.80 Å². The van der Waals surface area contributed by atoms with Gasteiger partial charge in [-0.05, 0) is 29.8 Å². The van der Waals surface area contributed by atoms with Gasteiger partial charge in [0.2, 0.25) is 0 Å². The number of β-amino-alcohol motifs (C(OH)–C–C–N with tert-alkyl or cyclic N) is 1. The number of nitrogens with zero attached hydrogens (tertiary/aromatic N) is 2. The van der Waals surface area contributed by atoms with Gasteiger partial charge < -0.3 is 9.84 Å². The van der Waals surface area contributed by atoms with Gasteiger partial charge in [-0.25, -0.2) is 4.39 Å². The number of rotatable bonds is 7. The smallest absolute Gasteiger partial charge is 0.123 e. The maximum Gasteiger partial charge on any atom is 0.123 e. The zero-order valence-corrected chi connectivity index (χ0v) is 14.4. The van der Waals surface area contributed by atoms with E-state index >= 15 is 0 Å². The van der Waals surface area contributed by atoms with Crippen LogP contribution in [0.15, 0.2) is 54.6 Å². The first kappa shape index (κ1) is 17.9. The molecule has 1 heterocycles. The summed E-state index contributed by atoms with van der Waals surface area (Å²) in [5.74, 6) is 0.630. The molecule has 5 heteroatoms. The first-order chi connectivity index (χ1) is 12.2. The Morgan fingerprint density at radius 2 is 1.56 bits per heavy atom. The van der Waals surface area contributed by atoms with Crippen LogP contribution in [0.25, 0.3) is 0 Å². The zero-order valence-electron chi connectivity index (χ0n) is 14.4. The van der Waals surface area contributed by atoms with Crippen LogP contribution in [-0.4, -0.2) is 60.8 Å². The predicted molar refractivity (Wildman–Crippen MR) is 96.2 cm³/mol. The topological polar surface area (TPSA) is 35.9 Å². The molecule has 1 atom stereocenters. The molecule has 0 radical (unpaired) electrons. The van der Waals surface area contributed by atoms with Gasteiger partial charge in [0.1, 0.15) is 18.2 Å². The highest BCUT2D eigenvalue weighted by atomic mass is 19.1. The number of piperazine rings is 1. The van der Waals surface area contributed by atoms with Crippen molar-refractivity contribution < 1.29 is 14.2 Å². The molecule has 25 heavy (non-hydrogen) atoms. The zero-order chi connectivity index (χ0) is 17.5. The normalized spacial score (nSPS) is 17.4. The van der Waals surface area contributed by atoms with E-state index in [0.29, 0.717) is 13.2 Å². The molecule has 1 aliphatic rings. The van der Waals surface area contributed by atoms with Gasteiger partial charge in [-0.1, -0.05) is 30.3 Å². The summed E-state index contributed by atoms with van der Waals surface area (Å²) in [6.07, 6.45) is -0.575. The van der Waals surface area contributed by atoms with E-state index in [1.807, 2.05) is 30.3 Å². The van der Waals surface area contributed by atoms with Crippen molar-refractivity contribution in [2.45, 2.75) is 6.10 Å². The third-order valence-electron chi connectivity index (χ3n) is 4.57. The van der Waals surface area contributed by atoms with Gasteiger partial charge in [0.15, 0.2) is 0 Å². The van der Waals surface area contributed by atoms with Crippen molar-refractivity contribution in [3.63, 3.8) is 0 Å². The Bertz CT molecular complexity index is 628. The Hall–Kier alpha value is -1.95. The molecule has 1 fully saturated rings. The Balaban J connectivity index is 1.36. The summed E-state index contributed by atoms with van der Waals surface area (Å²) in [7, 11) is 0. The van der Waals surface area contributed by atoms with E-state index in [2.05, 4.69) is 9.80 Å². The largest absolute Gasteiger partial charge is 0.492 e. The first-order valence-electron chi connectivity index (χ1n) is 8.77. The summed E-state index contributed by atoms with van der Waals surface area (Å²) >= 11 is 0. The van der Waals surface area contributed by atoms with Crippen LogP contribution in [0.4, 0.5) is 4.39 Å². The van der Waals surface area contributed by atoms with Crippen LogP contribution in [-0.2, 0) is 0 Å². The van der Waals surface area contributed by atoms with Gasteiger partial charge in [0.05, 0.1) is 6.10 Å². The first-order valence-corrected chi connectivity index (χ1v) is 8.77. The number of aliphatic hydroxyl groups excluding tert-OH is 1. The summed E-state index contributed by atoms with van der Waals surface area (Å²) in [6, 6.07) is 15.9. The number of hydrogen-bond acceptors (Lipinski definition) is 4. The van der Waals surface area contributed by atoms with E-state index in [1.54, 1.807) is 12.1 Å². The van der Waals surface area contributed by atoms with Crippen molar-refractivity contribution in [3.05, 3.63) is 66.0 Å². The number of halogens is 1. The van der Waals surface area contributed by atoms with Gasteiger partial charge in [-0.15, -0.1) is 0 Å². The number of hydrogen-bond donors (Lipinski definition) is 1. The monoisotopic (exact) mass is 344 g/mol. The Kier molecular flexibility index (Phi) is 6.39. The molecule has 2 aromatic carbocycles. The van der Waals surface area contributed by atoms with Crippen LogP contribution in [0.3, 0.4) is 0 Å². The Labute approximate surface area is 148 Å². The molecule has 0 aliphatic carbocycles. The van der Waals surface area contributed by atoms with Crippen LogP contribution in [0.1, 0.15) is 11.7 Å². The lowest BCUT2D eigenvalue weighted by atomic mass is 10.1. The van der Waals surface area contributed by atoms with E-state index in [0.717, 1.165) is 44.0 Å². The summed E-state index contributed by atoms with van der Waals surface area (Å²) in [6.45, 7) is 5.95. The minimum absolute atomic E-state index is 0.276. The van der Waals surface area contributed by atoms with Gasteiger partial charge in [0, 0.05) is 39.3 Å². The highest BCUT2D eigenvalue weighted by molar-refractivity contribution is 5.21. The highest BCUT2D eigenvalue weighted by Gasteiger charge is 2.19. The van der Waals surface area contributed by atoms with Crippen LogP contribution < -0.4 is 4.74 Å². The minimum atomic E-state index is -0.575. The minimum Gasteiger partial charge on any atom is -0.492 e. The van der Waals surface area contributed by atoms with Crippen molar-refractivity contribution in [2.75, 3.05) is 45.9 Å². The molecule has 1 saturated heterocycles. The maximum atomic E-state index is 13.0. The predicted octanol–water partition coefficient (Wildman–Crippen LogP) is 2.56. The summed E-state index contributed by atoms with van der Waals surface area (Å²) < 4.78 is 18.7. The number of benzene rings is 2. The van der Waals surface area contributed by atoms with Crippen LogP contribution >= 0.6 is 0 Å². The second kappa shape index (κ2) is 8.94. The van der Waals surface area contributed by atoms with Gasteiger partial charge in [-0.2, -0.15) is 0 Å². The second-order valence-corrected chi connectivity index (χ2v) is 6.37. The molecule has 2 aromatic rings. The lowest BCUT2D eigenvalue weighted by Gasteiger charge is -2.35. The number of ether oxygens (including phenoxy) is 1. The molecule has 1 N–H and O–H groups in total. The van der Waals surface area contributed by atoms with Crippen molar-refractivity contribution in [1.29, 1.82) is 0 Å². The van der Waals surface area contributed by atoms with E-state index in [-0.39, 0.29) is 5.82 Å². The average Bonchev–Trinajstić information content (AvgIpc) is 2.64. The molecule has 0 saturated carbocycles. The highest BCUT2D eigenvalue weighted by Crippen LogP contribution is 2.16. The van der Waals surface area contributed by atoms with E-state index in [4.69, 9.17) is 4.74 Å². The molecular weight excluding hydrogens is 319 g/mol. The number of para-hydroxylation sites is 1. The Morgan fingerprint density at radius 3 is 2.24 bits per heavy atom. The number of aliphatic hydroxyl groups is 1. The molecule has 0 aromatic heterocycles. The summed E-state index contributed by atoms with van der Waals surface area (Å²) in [4.78, 5) is 4.63. The van der Waals surface area contributed by atoms with Crippen molar-refractivity contribution in [2.24, 2.45) is 0 Å². The standard InChI is InChI=1S/C20H25FN2O2/c21-18-8-6-17(7-9-18)20(24)16-23-12-10-22(11-13-23)14-15-25-19-4-2-1-3-5-19/h1-9,20,24H,10-16H2. The van der Waals surface area contributed by atoms with Gasteiger partial charge >= 0.3 is 0 Å². The quantitative estimate of drug-likeness (QED) is 0.837. The van der Waals surface area contributed by atoms with Crippen molar-refractivity contribution in [1.82, 2.24) is 9.80 Å². The van der Waals surface area contributed by atoms with Crippen LogP contribution in [0.5, 0.6) is 5.75 Å². The lowest BCUT2D eigenvalue weighted by Crippen LogP contribution is -2.48.